The lowest BCUT2D eigenvalue weighted by Gasteiger charge is -2.05. The van der Waals surface area contributed by atoms with Gasteiger partial charge < -0.3 is 15.0 Å². The first kappa shape index (κ1) is 10.2. The molecule has 1 aromatic heterocycles. The molecule has 0 atom stereocenters. The maximum Gasteiger partial charge on any atom is 0.273 e. The van der Waals surface area contributed by atoms with Crippen LogP contribution in [0.4, 0.5) is 5.69 Å². The van der Waals surface area contributed by atoms with Gasteiger partial charge in [0.25, 0.3) is 5.91 Å². The maximum absolute atomic E-state index is 11.7. The molecule has 0 aliphatic rings. The van der Waals surface area contributed by atoms with E-state index in [-0.39, 0.29) is 11.7 Å². The molecule has 0 spiro atoms. The van der Waals surface area contributed by atoms with Gasteiger partial charge in [-0.25, -0.2) is 4.98 Å². The van der Waals surface area contributed by atoms with Crippen molar-refractivity contribution in [3.05, 3.63) is 42.5 Å². The Morgan fingerprint density at radius 3 is 2.62 bits per heavy atom. The average molecular weight is 217 g/mol. The van der Waals surface area contributed by atoms with Crippen LogP contribution >= 0.6 is 0 Å². The molecule has 0 unspecified atom stereocenters. The van der Waals surface area contributed by atoms with E-state index in [1.54, 1.807) is 30.1 Å². The summed E-state index contributed by atoms with van der Waals surface area (Å²) >= 11 is 0. The predicted molar refractivity (Wildman–Crippen MR) is 59.3 cm³/mol. The number of benzene rings is 1. The Bertz CT molecular complexity index is 502. The van der Waals surface area contributed by atoms with Crippen molar-refractivity contribution in [1.29, 1.82) is 0 Å². The minimum absolute atomic E-state index is 0.165. The van der Waals surface area contributed by atoms with Gasteiger partial charge in [0, 0.05) is 12.7 Å². The Hall–Kier alpha value is -2.30. The summed E-state index contributed by atoms with van der Waals surface area (Å²) in [6, 6.07) is 6.28. The number of aryl methyl sites for hydroxylation is 1. The van der Waals surface area contributed by atoms with E-state index in [1.165, 1.54) is 18.3 Å². The van der Waals surface area contributed by atoms with E-state index < -0.39 is 0 Å². The molecular weight excluding hydrogens is 206 g/mol. The largest absolute Gasteiger partial charge is 0.508 e. The van der Waals surface area contributed by atoms with Crippen molar-refractivity contribution >= 4 is 11.6 Å². The highest BCUT2D eigenvalue weighted by Crippen LogP contribution is 2.14. The third-order valence-electron chi connectivity index (χ3n) is 2.17. The van der Waals surface area contributed by atoms with E-state index in [1.807, 2.05) is 0 Å². The topological polar surface area (TPSA) is 67.2 Å². The number of carbonyl (C=O) groups excluding carboxylic acids is 1. The van der Waals surface area contributed by atoms with Crippen molar-refractivity contribution in [1.82, 2.24) is 9.55 Å². The first-order valence-electron chi connectivity index (χ1n) is 4.73. The fourth-order valence-electron chi connectivity index (χ4n) is 1.32. The van der Waals surface area contributed by atoms with Crippen LogP contribution < -0.4 is 5.32 Å². The number of phenols is 1. The maximum atomic E-state index is 11.7. The number of rotatable bonds is 2. The molecule has 1 amide bonds. The van der Waals surface area contributed by atoms with Gasteiger partial charge in [0.15, 0.2) is 0 Å². The number of nitrogens with one attached hydrogen (secondary N) is 1. The molecule has 5 heteroatoms. The molecule has 0 fully saturated rings. The first-order chi connectivity index (χ1) is 7.66. The molecule has 0 saturated heterocycles. The number of hydrogen-bond acceptors (Lipinski definition) is 3. The molecule has 5 nitrogen and oxygen atoms in total. The SMILES string of the molecule is Cn1cncc1C(=O)Nc1ccc(O)cc1. The number of hydrogen-bond donors (Lipinski definition) is 2. The summed E-state index contributed by atoms with van der Waals surface area (Å²) in [5.41, 5.74) is 1.11. The summed E-state index contributed by atoms with van der Waals surface area (Å²) in [5.74, 6) is -0.0655. The van der Waals surface area contributed by atoms with E-state index in [9.17, 15) is 4.79 Å². The van der Waals surface area contributed by atoms with Crippen molar-refractivity contribution in [2.75, 3.05) is 5.32 Å². The van der Waals surface area contributed by atoms with Crippen LogP contribution in [-0.2, 0) is 7.05 Å². The number of phenolic OH excluding ortho intramolecular Hbond substituents is 1. The van der Waals surface area contributed by atoms with Crippen LogP contribution in [0.15, 0.2) is 36.8 Å². The van der Waals surface area contributed by atoms with Crippen LogP contribution in [0.2, 0.25) is 0 Å². The predicted octanol–water partition coefficient (Wildman–Crippen LogP) is 1.38. The standard InChI is InChI=1S/C11H11N3O2/c1-14-7-12-6-10(14)11(16)13-8-2-4-9(15)5-3-8/h2-7,15H,1H3,(H,13,16). The molecule has 0 saturated carbocycles. The third kappa shape index (κ3) is 2.03. The number of aromatic nitrogens is 2. The zero-order valence-corrected chi connectivity index (χ0v) is 8.71. The Kier molecular flexibility index (Phi) is 2.59. The van der Waals surface area contributed by atoms with Gasteiger partial charge in [-0.05, 0) is 24.3 Å². The van der Waals surface area contributed by atoms with Gasteiger partial charge in [0.05, 0.1) is 12.5 Å². The lowest BCUT2D eigenvalue weighted by atomic mass is 10.3. The molecule has 0 radical (unpaired) electrons. The summed E-state index contributed by atoms with van der Waals surface area (Å²) in [6.45, 7) is 0. The zero-order chi connectivity index (χ0) is 11.5. The molecule has 1 aromatic carbocycles. The minimum Gasteiger partial charge on any atom is -0.508 e. The highest BCUT2D eigenvalue weighted by atomic mass is 16.3. The van der Waals surface area contributed by atoms with Crippen LogP contribution in [0.1, 0.15) is 10.5 Å². The number of aromatic hydroxyl groups is 1. The van der Waals surface area contributed by atoms with E-state index in [2.05, 4.69) is 10.3 Å². The molecule has 82 valence electrons. The van der Waals surface area contributed by atoms with Gasteiger partial charge in [0.2, 0.25) is 0 Å². The summed E-state index contributed by atoms with van der Waals surface area (Å²) in [5, 5.41) is 11.8. The van der Waals surface area contributed by atoms with E-state index >= 15 is 0 Å². The molecule has 0 bridgehead atoms. The fraction of sp³-hybridized carbons (Fsp3) is 0.0909. The third-order valence-corrected chi connectivity index (χ3v) is 2.17. The number of amides is 1. The second-order valence-electron chi connectivity index (χ2n) is 3.39. The summed E-state index contributed by atoms with van der Waals surface area (Å²) < 4.78 is 1.63. The zero-order valence-electron chi connectivity index (χ0n) is 8.71. The number of nitrogens with zero attached hydrogens (tertiary/aromatic N) is 2. The molecular formula is C11H11N3O2. The van der Waals surface area contributed by atoms with Gasteiger partial charge in [-0.15, -0.1) is 0 Å². The van der Waals surface area contributed by atoms with E-state index in [0.717, 1.165) is 0 Å². The Balaban J connectivity index is 2.14. The van der Waals surface area contributed by atoms with Crippen LogP contribution in [-0.4, -0.2) is 20.6 Å². The number of imidazole rings is 1. The molecule has 16 heavy (non-hydrogen) atoms. The van der Waals surface area contributed by atoms with Crippen molar-refractivity contribution in [2.45, 2.75) is 0 Å². The normalized spacial score (nSPS) is 10.1. The van der Waals surface area contributed by atoms with Gasteiger partial charge in [-0.2, -0.15) is 0 Å². The highest BCUT2D eigenvalue weighted by Gasteiger charge is 2.09. The quantitative estimate of drug-likeness (QED) is 0.747. The minimum atomic E-state index is -0.231. The number of anilines is 1. The van der Waals surface area contributed by atoms with Crippen LogP contribution in [0, 0.1) is 0 Å². The van der Waals surface area contributed by atoms with Crippen molar-refractivity contribution < 1.29 is 9.90 Å². The van der Waals surface area contributed by atoms with Crippen LogP contribution in [0.5, 0.6) is 5.75 Å². The molecule has 0 aliphatic heterocycles. The number of carbonyl (C=O) groups is 1. The lowest BCUT2D eigenvalue weighted by Crippen LogP contribution is -2.15. The van der Waals surface area contributed by atoms with Gasteiger partial charge in [0.1, 0.15) is 11.4 Å². The van der Waals surface area contributed by atoms with E-state index in [4.69, 9.17) is 5.11 Å². The van der Waals surface area contributed by atoms with Crippen LogP contribution in [0.3, 0.4) is 0 Å². The fourth-order valence-corrected chi connectivity index (χ4v) is 1.32. The Morgan fingerprint density at radius 1 is 1.38 bits per heavy atom. The monoisotopic (exact) mass is 217 g/mol. The second kappa shape index (κ2) is 4.06. The van der Waals surface area contributed by atoms with Gasteiger partial charge in [-0.1, -0.05) is 0 Å². The average Bonchev–Trinajstić information content (AvgIpc) is 2.68. The van der Waals surface area contributed by atoms with Gasteiger partial charge >= 0.3 is 0 Å². The molecule has 2 rings (SSSR count). The van der Waals surface area contributed by atoms with Crippen molar-refractivity contribution in [3.8, 4) is 5.75 Å². The Labute approximate surface area is 92.4 Å². The molecule has 2 aromatic rings. The molecule has 2 N–H and O–H groups in total. The van der Waals surface area contributed by atoms with Crippen molar-refractivity contribution in [3.63, 3.8) is 0 Å². The van der Waals surface area contributed by atoms with Crippen molar-refractivity contribution in [2.24, 2.45) is 7.05 Å². The van der Waals surface area contributed by atoms with Gasteiger partial charge in [-0.3, -0.25) is 4.79 Å². The highest BCUT2D eigenvalue weighted by molar-refractivity contribution is 6.02. The first-order valence-corrected chi connectivity index (χ1v) is 4.73. The summed E-state index contributed by atoms with van der Waals surface area (Å²) in [4.78, 5) is 15.6. The summed E-state index contributed by atoms with van der Waals surface area (Å²) in [6.07, 6.45) is 3.06. The second-order valence-corrected chi connectivity index (χ2v) is 3.39. The summed E-state index contributed by atoms with van der Waals surface area (Å²) in [7, 11) is 1.75. The smallest absolute Gasteiger partial charge is 0.273 e. The molecule has 0 aliphatic carbocycles. The van der Waals surface area contributed by atoms with E-state index in [0.29, 0.717) is 11.4 Å². The lowest BCUT2D eigenvalue weighted by molar-refractivity contribution is 0.101. The Morgan fingerprint density at radius 2 is 2.06 bits per heavy atom. The molecule has 1 heterocycles. The van der Waals surface area contributed by atoms with Crippen LogP contribution in [0.25, 0.3) is 0 Å².